The van der Waals surface area contributed by atoms with Crippen molar-refractivity contribution < 1.29 is 5.11 Å². The van der Waals surface area contributed by atoms with Gasteiger partial charge in [-0.15, -0.1) is 0 Å². The van der Waals surface area contributed by atoms with Gasteiger partial charge in [-0.3, -0.25) is 0 Å². The number of aliphatic hydroxyl groups is 1. The first kappa shape index (κ1) is 10.8. The van der Waals surface area contributed by atoms with E-state index >= 15 is 0 Å². The summed E-state index contributed by atoms with van der Waals surface area (Å²) in [5.41, 5.74) is 1.96. The van der Waals surface area contributed by atoms with Crippen LogP contribution in [0.5, 0.6) is 0 Å². The van der Waals surface area contributed by atoms with Gasteiger partial charge in [-0.05, 0) is 49.4 Å². The monoisotopic (exact) mass is 220 g/mol. The lowest BCUT2D eigenvalue weighted by molar-refractivity contribution is 0.0115. The van der Waals surface area contributed by atoms with Gasteiger partial charge in [0.15, 0.2) is 0 Å². The maximum Gasteiger partial charge on any atom is 0.0636 e. The number of allylic oxidation sites excluding steroid dienone is 1. The van der Waals surface area contributed by atoms with Gasteiger partial charge in [-0.1, -0.05) is 32.4 Å². The first-order valence-electron chi connectivity index (χ1n) is 6.81. The predicted molar refractivity (Wildman–Crippen MR) is 66.0 cm³/mol. The van der Waals surface area contributed by atoms with Crippen LogP contribution >= 0.6 is 0 Å². The molecule has 0 aromatic rings. The third kappa shape index (κ3) is 0.895. The summed E-state index contributed by atoms with van der Waals surface area (Å²) in [6.45, 7) is 9.34. The van der Waals surface area contributed by atoms with E-state index in [9.17, 15) is 5.11 Å². The minimum atomic E-state index is -0.111. The molecule has 3 rings (SSSR count). The molecule has 0 aromatic carbocycles. The molecule has 2 saturated carbocycles. The van der Waals surface area contributed by atoms with Crippen molar-refractivity contribution in [3.05, 3.63) is 11.6 Å². The summed E-state index contributed by atoms with van der Waals surface area (Å²) < 4.78 is 0. The molecule has 6 atom stereocenters. The lowest BCUT2D eigenvalue weighted by Crippen LogP contribution is -2.41. The fourth-order valence-electron chi connectivity index (χ4n) is 5.51. The predicted octanol–water partition coefficient (Wildman–Crippen LogP) is 3.39. The van der Waals surface area contributed by atoms with Crippen LogP contribution in [0.15, 0.2) is 11.6 Å². The largest absolute Gasteiger partial charge is 0.392 e. The highest BCUT2D eigenvalue weighted by molar-refractivity contribution is 5.33. The van der Waals surface area contributed by atoms with E-state index < -0.39 is 0 Å². The number of hydrogen-bond acceptors (Lipinski definition) is 1. The molecule has 1 spiro atoms. The van der Waals surface area contributed by atoms with Gasteiger partial charge < -0.3 is 5.11 Å². The molecule has 1 heteroatoms. The Labute approximate surface area is 98.9 Å². The van der Waals surface area contributed by atoms with Crippen molar-refractivity contribution >= 4 is 0 Å². The van der Waals surface area contributed by atoms with Crippen molar-refractivity contribution in [2.75, 3.05) is 0 Å². The minimum Gasteiger partial charge on any atom is -0.392 e. The minimum absolute atomic E-state index is 0.0614. The molecule has 0 aliphatic heterocycles. The maximum absolute atomic E-state index is 10.5. The first-order chi connectivity index (χ1) is 7.43. The molecule has 1 N–H and O–H groups in total. The maximum atomic E-state index is 10.5. The van der Waals surface area contributed by atoms with Crippen LogP contribution in [0, 0.1) is 28.6 Å². The van der Waals surface area contributed by atoms with Crippen molar-refractivity contribution in [3.63, 3.8) is 0 Å². The molecule has 0 heterocycles. The molecule has 0 unspecified atom stereocenters. The Bertz CT molecular complexity index is 358. The molecule has 3 aliphatic carbocycles. The smallest absolute Gasteiger partial charge is 0.0636 e. The lowest BCUT2D eigenvalue weighted by atomic mass is 9.61. The summed E-state index contributed by atoms with van der Waals surface area (Å²) in [4.78, 5) is 0. The molecule has 0 aromatic heterocycles. The van der Waals surface area contributed by atoms with Crippen LogP contribution in [-0.2, 0) is 0 Å². The van der Waals surface area contributed by atoms with Gasteiger partial charge in [0.2, 0.25) is 0 Å². The SMILES string of the molecule is CC1=C[C@]2(C)[C@H](O)C[C@H]3[C@H](C)CC[C@]32[C@H]1C. The van der Waals surface area contributed by atoms with Crippen molar-refractivity contribution in [1.29, 1.82) is 0 Å². The van der Waals surface area contributed by atoms with Crippen LogP contribution in [0.1, 0.15) is 47.0 Å². The van der Waals surface area contributed by atoms with Crippen LogP contribution in [0.3, 0.4) is 0 Å². The second-order valence-electron chi connectivity index (χ2n) is 6.81. The zero-order valence-corrected chi connectivity index (χ0v) is 11.0. The summed E-state index contributed by atoms with van der Waals surface area (Å²) in [7, 11) is 0. The number of hydrogen-bond donors (Lipinski definition) is 1. The standard InChI is InChI=1S/C15H24O/c1-9-5-6-15-11(3)10(2)8-14(15,4)13(16)7-12(9)15/h8-9,11-13,16H,5-7H2,1-4H3/t9-,11+,12+,13-,14-,15+/m1/s1. The van der Waals surface area contributed by atoms with E-state index in [1.165, 1.54) is 18.4 Å². The molecule has 0 bridgehead atoms. The van der Waals surface area contributed by atoms with Crippen molar-refractivity contribution in [2.45, 2.75) is 53.1 Å². The van der Waals surface area contributed by atoms with Gasteiger partial charge in [0.25, 0.3) is 0 Å². The zero-order chi connectivity index (χ0) is 11.7. The van der Waals surface area contributed by atoms with Gasteiger partial charge in [0.05, 0.1) is 6.10 Å². The second kappa shape index (κ2) is 2.93. The van der Waals surface area contributed by atoms with Gasteiger partial charge in [0.1, 0.15) is 0 Å². The summed E-state index contributed by atoms with van der Waals surface area (Å²) >= 11 is 0. The van der Waals surface area contributed by atoms with E-state index in [0.29, 0.717) is 11.3 Å². The molecule has 0 saturated heterocycles. The van der Waals surface area contributed by atoms with E-state index in [4.69, 9.17) is 0 Å². The van der Waals surface area contributed by atoms with E-state index in [-0.39, 0.29) is 11.5 Å². The quantitative estimate of drug-likeness (QED) is 0.620. The normalized spacial score (nSPS) is 59.7. The van der Waals surface area contributed by atoms with E-state index in [1.807, 2.05) is 0 Å². The Kier molecular flexibility index (Phi) is 1.98. The molecule has 2 fully saturated rings. The van der Waals surface area contributed by atoms with Crippen molar-refractivity contribution in [1.82, 2.24) is 0 Å². The molecular formula is C15H24O. The van der Waals surface area contributed by atoms with Gasteiger partial charge in [-0.2, -0.15) is 0 Å². The van der Waals surface area contributed by atoms with Gasteiger partial charge >= 0.3 is 0 Å². The van der Waals surface area contributed by atoms with E-state index in [2.05, 4.69) is 33.8 Å². The van der Waals surface area contributed by atoms with Crippen LogP contribution in [-0.4, -0.2) is 11.2 Å². The average Bonchev–Trinajstić information content (AvgIpc) is 2.72. The first-order valence-corrected chi connectivity index (χ1v) is 6.81. The fraction of sp³-hybridized carbons (Fsp3) is 0.867. The van der Waals surface area contributed by atoms with Crippen molar-refractivity contribution in [3.8, 4) is 0 Å². The zero-order valence-electron chi connectivity index (χ0n) is 11.0. The summed E-state index contributed by atoms with van der Waals surface area (Å²) in [6, 6.07) is 0. The average molecular weight is 220 g/mol. The number of rotatable bonds is 0. The molecular weight excluding hydrogens is 196 g/mol. The van der Waals surface area contributed by atoms with Crippen LogP contribution < -0.4 is 0 Å². The summed E-state index contributed by atoms with van der Waals surface area (Å²) in [5.74, 6) is 2.22. The Morgan fingerprint density at radius 2 is 2.06 bits per heavy atom. The topological polar surface area (TPSA) is 20.2 Å². The summed E-state index contributed by atoms with van der Waals surface area (Å²) in [5, 5.41) is 10.5. The van der Waals surface area contributed by atoms with E-state index in [0.717, 1.165) is 18.3 Å². The Balaban J connectivity index is 2.15. The van der Waals surface area contributed by atoms with E-state index in [1.54, 1.807) is 0 Å². The molecule has 16 heavy (non-hydrogen) atoms. The Morgan fingerprint density at radius 3 is 2.75 bits per heavy atom. The molecule has 90 valence electrons. The van der Waals surface area contributed by atoms with Crippen LogP contribution in [0.25, 0.3) is 0 Å². The number of aliphatic hydroxyl groups excluding tert-OH is 1. The highest BCUT2D eigenvalue weighted by Crippen LogP contribution is 2.73. The Hall–Kier alpha value is -0.300. The molecule has 1 nitrogen and oxygen atoms in total. The highest BCUT2D eigenvalue weighted by atomic mass is 16.3. The third-order valence-corrected chi connectivity index (χ3v) is 6.52. The van der Waals surface area contributed by atoms with Crippen LogP contribution in [0.2, 0.25) is 0 Å². The van der Waals surface area contributed by atoms with Gasteiger partial charge in [-0.25, -0.2) is 0 Å². The third-order valence-electron chi connectivity index (χ3n) is 6.52. The highest BCUT2D eigenvalue weighted by Gasteiger charge is 2.68. The fourth-order valence-corrected chi connectivity index (χ4v) is 5.51. The van der Waals surface area contributed by atoms with Gasteiger partial charge in [0, 0.05) is 5.41 Å². The molecule has 0 amide bonds. The molecule has 3 aliphatic rings. The molecule has 0 radical (unpaired) electrons. The second-order valence-corrected chi connectivity index (χ2v) is 6.81. The van der Waals surface area contributed by atoms with Crippen LogP contribution in [0.4, 0.5) is 0 Å². The Morgan fingerprint density at radius 1 is 1.38 bits per heavy atom. The van der Waals surface area contributed by atoms with Crippen molar-refractivity contribution in [2.24, 2.45) is 28.6 Å². The lowest BCUT2D eigenvalue weighted by Gasteiger charge is -2.43. The summed E-state index contributed by atoms with van der Waals surface area (Å²) in [6.07, 6.45) is 6.01.